The molecule has 19 heavy (non-hydrogen) atoms. The van der Waals surface area contributed by atoms with E-state index in [-0.39, 0.29) is 12.5 Å². The summed E-state index contributed by atoms with van der Waals surface area (Å²) >= 11 is 0. The summed E-state index contributed by atoms with van der Waals surface area (Å²) in [6, 6.07) is 6.71. The smallest absolute Gasteiger partial charge is 0.343 e. The molecule has 0 heterocycles. The highest BCUT2D eigenvalue weighted by Crippen LogP contribution is 2.17. The van der Waals surface area contributed by atoms with Gasteiger partial charge in [-0.2, -0.15) is 0 Å². The molecule has 0 aromatic heterocycles. The minimum Gasteiger partial charge on any atom is -0.482 e. The van der Waals surface area contributed by atoms with E-state index in [0.29, 0.717) is 11.4 Å². The molecule has 1 N–H and O–H groups in total. The summed E-state index contributed by atoms with van der Waals surface area (Å²) in [5.41, 5.74) is 0.566. The normalized spacial score (nSPS) is 11.5. The van der Waals surface area contributed by atoms with Gasteiger partial charge in [0, 0.05) is 18.9 Å². The minimum atomic E-state index is -0.542. The van der Waals surface area contributed by atoms with Crippen LogP contribution in [0.15, 0.2) is 24.3 Å². The molecule has 1 aromatic carbocycles. The maximum Gasteiger partial charge on any atom is 0.343 e. The zero-order valence-electron chi connectivity index (χ0n) is 11.1. The van der Waals surface area contributed by atoms with Gasteiger partial charge >= 0.3 is 5.97 Å². The molecule has 0 saturated heterocycles. The van der Waals surface area contributed by atoms with Crippen LogP contribution in [0.5, 0.6) is 5.75 Å². The molecule has 0 fully saturated rings. The molecule has 1 unspecified atom stereocenters. The maximum atomic E-state index is 11.6. The van der Waals surface area contributed by atoms with Crippen molar-refractivity contribution >= 4 is 17.6 Å². The van der Waals surface area contributed by atoms with Crippen LogP contribution in [-0.4, -0.2) is 38.8 Å². The number of ether oxygens (including phenoxy) is 3. The van der Waals surface area contributed by atoms with Crippen molar-refractivity contribution in [2.75, 3.05) is 26.1 Å². The number of anilines is 1. The molecule has 1 atom stereocenters. The van der Waals surface area contributed by atoms with Crippen LogP contribution in [0.4, 0.5) is 5.69 Å². The Balaban J connectivity index is 2.61. The second-order valence-corrected chi connectivity index (χ2v) is 3.76. The number of rotatable bonds is 6. The van der Waals surface area contributed by atoms with E-state index in [1.165, 1.54) is 14.2 Å². The van der Waals surface area contributed by atoms with Crippen LogP contribution >= 0.6 is 0 Å². The molecule has 6 nitrogen and oxygen atoms in total. The first-order valence-electron chi connectivity index (χ1n) is 5.70. The highest BCUT2D eigenvalue weighted by atomic mass is 16.6. The highest BCUT2D eigenvalue weighted by Gasteiger charge is 2.11. The SMILES string of the molecule is COC(=O)COc1cccc(NC(=O)C(C)OC)c1. The molecular weight excluding hydrogens is 250 g/mol. The Kier molecular flexibility index (Phi) is 5.81. The summed E-state index contributed by atoms with van der Waals surface area (Å²) in [7, 11) is 2.74. The molecule has 0 aliphatic rings. The van der Waals surface area contributed by atoms with E-state index in [2.05, 4.69) is 10.1 Å². The topological polar surface area (TPSA) is 73.9 Å². The fourth-order valence-corrected chi connectivity index (χ4v) is 1.22. The minimum absolute atomic E-state index is 0.178. The Morgan fingerprint density at radius 1 is 1.32 bits per heavy atom. The van der Waals surface area contributed by atoms with Gasteiger partial charge < -0.3 is 19.5 Å². The summed E-state index contributed by atoms with van der Waals surface area (Å²) in [4.78, 5) is 22.6. The first-order valence-corrected chi connectivity index (χ1v) is 5.70. The Morgan fingerprint density at radius 2 is 2.05 bits per heavy atom. The summed E-state index contributed by atoms with van der Waals surface area (Å²) < 4.78 is 14.6. The zero-order valence-corrected chi connectivity index (χ0v) is 11.1. The first-order chi connectivity index (χ1) is 9.06. The number of benzene rings is 1. The molecule has 6 heteroatoms. The maximum absolute atomic E-state index is 11.6. The standard InChI is InChI=1S/C13H17NO5/c1-9(17-2)13(16)14-10-5-4-6-11(7-10)19-8-12(15)18-3/h4-7,9H,8H2,1-3H3,(H,14,16). The lowest BCUT2D eigenvalue weighted by Crippen LogP contribution is -2.26. The average Bonchev–Trinajstić information content (AvgIpc) is 2.44. The number of carbonyl (C=O) groups is 2. The van der Waals surface area contributed by atoms with Gasteiger partial charge in [0.15, 0.2) is 6.61 Å². The van der Waals surface area contributed by atoms with Gasteiger partial charge in [0.25, 0.3) is 5.91 Å². The summed E-state index contributed by atoms with van der Waals surface area (Å²) in [6.45, 7) is 1.47. The van der Waals surface area contributed by atoms with Crippen molar-refractivity contribution in [1.29, 1.82) is 0 Å². The van der Waals surface area contributed by atoms with Crippen LogP contribution in [0.25, 0.3) is 0 Å². The number of hydrogen-bond donors (Lipinski definition) is 1. The average molecular weight is 267 g/mol. The van der Waals surface area contributed by atoms with Gasteiger partial charge in [0.2, 0.25) is 0 Å². The number of esters is 1. The second kappa shape index (κ2) is 7.38. The lowest BCUT2D eigenvalue weighted by Gasteiger charge is -2.11. The molecule has 0 aliphatic heterocycles. The number of hydrogen-bond acceptors (Lipinski definition) is 5. The van der Waals surface area contributed by atoms with E-state index < -0.39 is 12.1 Å². The van der Waals surface area contributed by atoms with Crippen LogP contribution in [0.1, 0.15) is 6.92 Å². The van der Waals surface area contributed by atoms with Crippen molar-refractivity contribution in [2.45, 2.75) is 13.0 Å². The third-order valence-corrected chi connectivity index (χ3v) is 2.41. The Hall–Kier alpha value is -2.08. The van der Waals surface area contributed by atoms with Crippen molar-refractivity contribution in [3.63, 3.8) is 0 Å². The van der Waals surface area contributed by atoms with Crippen LogP contribution in [0.2, 0.25) is 0 Å². The van der Waals surface area contributed by atoms with Crippen molar-refractivity contribution in [3.05, 3.63) is 24.3 Å². The molecule has 1 rings (SSSR count). The molecule has 0 aliphatic carbocycles. The van der Waals surface area contributed by atoms with Crippen molar-refractivity contribution in [2.24, 2.45) is 0 Å². The predicted molar refractivity (Wildman–Crippen MR) is 69.1 cm³/mol. The number of carbonyl (C=O) groups excluding carboxylic acids is 2. The molecule has 0 saturated carbocycles. The molecule has 0 bridgehead atoms. The summed E-state index contributed by atoms with van der Waals surface area (Å²) in [5.74, 6) is -0.261. The molecular formula is C13H17NO5. The van der Waals surface area contributed by atoms with Crippen LogP contribution in [0.3, 0.4) is 0 Å². The van der Waals surface area contributed by atoms with Crippen LogP contribution in [0, 0.1) is 0 Å². The number of nitrogens with one attached hydrogen (secondary N) is 1. The Labute approximate surface area is 111 Å². The summed E-state index contributed by atoms with van der Waals surface area (Å²) in [6.07, 6.45) is -0.542. The first kappa shape index (κ1) is 15.0. The van der Waals surface area contributed by atoms with Crippen LogP contribution in [-0.2, 0) is 19.1 Å². The van der Waals surface area contributed by atoms with E-state index >= 15 is 0 Å². The zero-order chi connectivity index (χ0) is 14.3. The second-order valence-electron chi connectivity index (χ2n) is 3.76. The lowest BCUT2D eigenvalue weighted by atomic mass is 10.3. The van der Waals surface area contributed by atoms with E-state index in [9.17, 15) is 9.59 Å². The highest BCUT2D eigenvalue weighted by molar-refractivity contribution is 5.94. The molecule has 0 spiro atoms. The lowest BCUT2D eigenvalue weighted by molar-refractivity contribution is -0.142. The molecule has 1 amide bonds. The quantitative estimate of drug-likeness (QED) is 0.784. The van der Waals surface area contributed by atoms with E-state index in [1.807, 2.05) is 0 Å². The Morgan fingerprint density at radius 3 is 2.68 bits per heavy atom. The fraction of sp³-hybridized carbons (Fsp3) is 0.385. The third kappa shape index (κ3) is 4.97. The van der Waals surface area contributed by atoms with Crippen LogP contribution < -0.4 is 10.1 Å². The summed E-state index contributed by atoms with van der Waals surface area (Å²) in [5, 5.41) is 2.67. The van der Waals surface area contributed by atoms with Crippen molar-refractivity contribution < 1.29 is 23.8 Å². The van der Waals surface area contributed by atoms with E-state index in [4.69, 9.17) is 9.47 Å². The van der Waals surface area contributed by atoms with Gasteiger partial charge in [0.05, 0.1) is 7.11 Å². The largest absolute Gasteiger partial charge is 0.482 e. The van der Waals surface area contributed by atoms with Gasteiger partial charge in [-0.3, -0.25) is 4.79 Å². The van der Waals surface area contributed by atoms with E-state index in [0.717, 1.165) is 0 Å². The fourth-order valence-electron chi connectivity index (χ4n) is 1.22. The van der Waals surface area contributed by atoms with Gasteiger partial charge in [-0.25, -0.2) is 4.79 Å². The monoisotopic (exact) mass is 267 g/mol. The van der Waals surface area contributed by atoms with Crippen molar-refractivity contribution in [1.82, 2.24) is 0 Å². The van der Waals surface area contributed by atoms with Gasteiger partial charge in [-0.05, 0) is 19.1 Å². The third-order valence-electron chi connectivity index (χ3n) is 2.41. The molecule has 0 radical (unpaired) electrons. The molecule has 1 aromatic rings. The van der Waals surface area contributed by atoms with Gasteiger partial charge in [-0.1, -0.05) is 6.07 Å². The van der Waals surface area contributed by atoms with Gasteiger partial charge in [0.1, 0.15) is 11.9 Å². The Bertz CT molecular complexity index is 446. The molecule has 104 valence electrons. The number of methoxy groups -OCH3 is 2. The van der Waals surface area contributed by atoms with Crippen molar-refractivity contribution in [3.8, 4) is 5.75 Å². The number of amides is 1. The predicted octanol–water partition coefficient (Wildman–Crippen LogP) is 1.21. The van der Waals surface area contributed by atoms with E-state index in [1.54, 1.807) is 31.2 Å². The van der Waals surface area contributed by atoms with Gasteiger partial charge in [-0.15, -0.1) is 0 Å².